The summed E-state index contributed by atoms with van der Waals surface area (Å²) in [6, 6.07) is 6.43. The van der Waals surface area contributed by atoms with Gasteiger partial charge in [-0.1, -0.05) is 30.7 Å². The normalized spacial score (nSPS) is 15.0. The average molecular weight is 331 g/mol. The van der Waals surface area contributed by atoms with Crippen LogP contribution in [0.2, 0.25) is 0 Å². The molecule has 23 heavy (non-hydrogen) atoms. The van der Waals surface area contributed by atoms with Gasteiger partial charge in [0.2, 0.25) is 11.1 Å². The summed E-state index contributed by atoms with van der Waals surface area (Å²) < 4.78 is 1.68. The molecule has 1 aromatic heterocycles. The fraction of sp³-hybridized carbons (Fsp3) is 0.500. The highest BCUT2D eigenvalue weighted by molar-refractivity contribution is 7.99. The number of carbonyl (C=O) groups excluding carboxylic acids is 1. The highest BCUT2D eigenvalue weighted by Gasteiger charge is 2.18. The van der Waals surface area contributed by atoms with Crippen LogP contribution >= 0.6 is 11.8 Å². The van der Waals surface area contributed by atoms with E-state index in [1.54, 1.807) is 4.68 Å². The Morgan fingerprint density at radius 3 is 2.83 bits per heavy atom. The Labute approximate surface area is 140 Å². The van der Waals surface area contributed by atoms with E-state index < -0.39 is 0 Å². The van der Waals surface area contributed by atoms with Gasteiger partial charge in [-0.25, -0.2) is 0 Å². The molecule has 1 aliphatic rings. The summed E-state index contributed by atoms with van der Waals surface area (Å²) in [7, 11) is 0. The highest BCUT2D eigenvalue weighted by atomic mass is 32.2. The molecule has 1 N–H and O–H groups in total. The predicted molar refractivity (Wildman–Crippen MR) is 89.8 cm³/mol. The molecule has 2 aromatic rings. The van der Waals surface area contributed by atoms with Crippen LogP contribution < -0.4 is 5.32 Å². The smallest absolute Gasteiger partial charge is 0.230 e. The summed E-state index contributed by atoms with van der Waals surface area (Å²) in [6.45, 7) is 4.13. The Hall–Kier alpha value is -1.89. The monoisotopic (exact) mass is 331 g/mol. The summed E-state index contributed by atoms with van der Waals surface area (Å²) in [4.78, 5) is 12.0. The van der Waals surface area contributed by atoms with Crippen molar-refractivity contribution in [1.82, 2.24) is 25.5 Å². The van der Waals surface area contributed by atoms with Crippen molar-refractivity contribution in [3.63, 3.8) is 0 Å². The SMILES string of the molecule is Cc1ccc(-n2nnnc2SCC(=O)NC2CCCC2)cc1C. The first-order valence-electron chi connectivity index (χ1n) is 7.91. The lowest BCUT2D eigenvalue weighted by Crippen LogP contribution is -2.33. The zero-order valence-corrected chi connectivity index (χ0v) is 14.3. The molecular formula is C16H21N5OS. The number of carbonyl (C=O) groups is 1. The number of nitrogens with zero attached hydrogens (tertiary/aromatic N) is 4. The molecule has 1 saturated carbocycles. The van der Waals surface area contributed by atoms with Gasteiger partial charge in [-0.05, 0) is 60.4 Å². The number of hydrogen-bond donors (Lipinski definition) is 1. The maximum Gasteiger partial charge on any atom is 0.230 e. The number of hydrogen-bond acceptors (Lipinski definition) is 5. The molecule has 0 unspecified atom stereocenters. The first-order valence-corrected chi connectivity index (χ1v) is 8.90. The van der Waals surface area contributed by atoms with Gasteiger partial charge in [0.25, 0.3) is 0 Å². The minimum absolute atomic E-state index is 0.0523. The average Bonchev–Trinajstić information content (AvgIpc) is 3.19. The van der Waals surface area contributed by atoms with Crippen LogP contribution in [0.4, 0.5) is 0 Å². The van der Waals surface area contributed by atoms with Crippen molar-refractivity contribution in [2.24, 2.45) is 0 Å². The van der Waals surface area contributed by atoms with E-state index in [4.69, 9.17) is 0 Å². The van der Waals surface area contributed by atoms with Crippen LogP contribution in [-0.2, 0) is 4.79 Å². The van der Waals surface area contributed by atoms with Crippen LogP contribution in [0, 0.1) is 13.8 Å². The number of aryl methyl sites for hydroxylation is 2. The van der Waals surface area contributed by atoms with E-state index in [2.05, 4.69) is 34.7 Å². The molecule has 0 saturated heterocycles. The van der Waals surface area contributed by atoms with E-state index in [1.807, 2.05) is 18.2 Å². The van der Waals surface area contributed by atoms with Crippen LogP contribution in [0.25, 0.3) is 5.69 Å². The number of benzene rings is 1. The van der Waals surface area contributed by atoms with Crippen molar-refractivity contribution in [1.29, 1.82) is 0 Å². The molecule has 1 fully saturated rings. The largest absolute Gasteiger partial charge is 0.353 e. The van der Waals surface area contributed by atoms with E-state index in [1.165, 1.54) is 35.7 Å². The van der Waals surface area contributed by atoms with Crippen LogP contribution in [-0.4, -0.2) is 37.9 Å². The zero-order valence-electron chi connectivity index (χ0n) is 13.5. The number of tetrazole rings is 1. The summed E-state index contributed by atoms with van der Waals surface area (Å²) in [5, 5.41) is 15.5. The van der Waals surface area contributed by atoms with Gasteiger partial charge in [-0.15, -0.1) is 5.10 Å². The minimum atomic E-state index is 0.0523. The summed E-state index contributed by atoms with van der Waals surface area (Å²) in [5.41, 5.74) is 3.33. The van der Waals surface area contributed by atoms with Gasteiger partial charge >= 0.3 is 0 Å². The van der Waals surface area contributed by atoms with Gasteiger partial charge in [0, 0.05) is 6.04 Å². The number of nitrogens with one attached hydrogen (secondary N) is 1. The number of rotatable bonds is 5. The molecule has 0 radical (unpaired) electrons. The van der Waals surface area contributed by atoms with Crippen LogP contribution in [0.5, 0.6) is 0 Å². The van der Waals surface area contributed by atoms with Crippen molar-refractivity contribution in [3.8, 4) is 5.69 Å². The molecule has 1 aromatic carbocycles. The Morgan fingerprint density at radius 2 is 2.09 bits per heavy atom. The Kier molecular flexibility index (Phi) is 4.95. The molecule has 3 rings (SSSR count). The second-order valence-electron chi connectivity index (χ2n) is 5.98. The summed E-state index contributed by atoms with van der Waals surface area (Å²) in [6.07, 6.45) is 4.61. The van der Waals surface area contributed by atoms with Crippen molar-refractivity contribution < 1.29 is 4.79 Å². The van der Waals surface area contributed by atoms with Crippen LogP contribution in [0.3, 0.4) is 0 Å². The number of amides is 1. The lowest BCUT2D eigenvalue weighted by Gasteiger charge is -2.11. The van der Waals surface area contributed by atoms with E-state index in [0.717, 1.165) is 18.5 Å². The molecule has 0 spiro atoms. The highest BCUT2D eigenvalue weighted by Crippen LogP contribution is 2.21. The van der Waals surface area contributed by atoms with Gasteiger partial charge < -0.3 is 5.32 Å². The van der Waals surface area contributed by atoms with Crippen molar-refractivity contribution >= 4 is 17.7 Å². The van der Waals surface area contributed by atoms with E-state index >= 15 is 0 Å². The first-order chi connectivity index (χ1) is 11.1. The lowest BCUT2D eigenvalue weighted by atomic mass is 10.1. The summed E-state index contributed by atoms with van der Waals surface area (Å²) in [5.74, 6) is 0.387. The van der Waals surface area contributed by atoms with Gasteiger partial charge in [-0.3, -0.25) is 4.79 Å². The fourth-order valence-electron chi connectivity index (χ4n) is 2.76. The topological polar surface area (TPSA) is 72.7 Å². The molecule has 0 bridgehead atoms. The van der Waals surface area contributed by atoms with E-state index in [-0.39, 0.29) is 5.91 Å². The van der Waals surface area contributed by atoms with Crippen LogP contribution in [0.15, 0.2) is 23.4 Å². The molecule has 1 amide bonds. The van der Waals surface area contributed by atoms with Gasteiger partial charge in [-0.2, -0.15) is 4.68 Å². The van der Waals surface area contributed by atoms with Crippen molar-refractivity contribution in [2.75, 3.05) is 5.75 Å². The second kappa shape index (κ2) is 7.12. The molecule has 122 valence electrons. The quantitative estimate of drug-likeness (QED) is 0.852. The molecule has 0 aliphatic heterocycles. The Morgan fingerprint density at radius 1 is 1.30 bits per heavy atom. The second-order valence-corrected chi connectivity index (χ2v) is 6.92. The third-order valence-electron chi connectivity index (χ3n) is 4.23. The molecule has 1 aliphatic carbocycles. The maximum atomic E-state index is 12.0. The fourth-order valence-corrected chi connectivity index (χ4v) is 3.46. The third kappa shape index (κ3) is 3.90. The minimum Gasteiger partial charge on any atom is -0.353 e. The predicted octanol–water partition coefficient (Wildman–Crippen LogP) is 2.43. The zero-order chi connectivity index (χ0) is 16.2. The Balaban J connectivity index is 1.64. The lowest BCUT2D eigenvalue weighted by molar-refractivity contribution is -0.119. The van der Waals surface area contributed by atoms with E-state index in [9.17, 15) is 4.79 Å². The molecule has 6 nitrogen and oxygen atoms in total. The van der Waals surface area contributed by atoms with Crippen molar-refractivity contribution in [2.45, 2.75) is 50.7 Å². The van der Waals surface area contributed by atoms with Gasteiger partial charge in [0.1, 0.15) is 0 Å². The van der Waals surface area contributed by atoms with Crippen LogP contribution in [0.1, 0.15) is 36.8 Å². The molecule has 7 heteroatoms. The molecular weight excluding hydrogens is 310 g/mol. The van der Waals surface area contributed by atoms with Gasteiger partial charge in [0.15, 0.2) is 0 Å². The Bertz CT molecular complexity index is 694. The number of thioether (sulfide) groups is 1. The first kappa shape index (κ1) is 16.0. The molecule has 1 heterocycles. The van der Waals surface area contributed by atoms with E-state index in [0.29, 0.717) is 17.0 Å². The number of aromatic nitrogens is 4. The van der Waals surface area contributed by atoms with Crippen molar-refractivity contribution in [3.05, 3.63) is 29.3 Å². The summed E-state index contributed by atoms with van der Waals surface area (Å²) >= 11 is 1.36. The maximum absolute atomic E-state index is 12.0. The molecule has 0 atom stereocenters. The van der Waals surface area contributed by atoms with Gasteiger partial charge in [0.05, 0.1) is 11.4 Å². The third-order valence-corrected chi connectivity index (χ3v) is 5.15. The standard InChI is InChI=1S/C16H21N5OS/c1-11-7-8-14(9-12(11)2)21-16(18-19-20-21)23-10-15(22)17-13-5-3-4-6-13/h7-9,13H,3-6,10H2,1-2H3,(H,17,22).